The van der Waals surface area contributed by atoms with E-state index in [-0.39, 0.29) is 17.6 Å². The van der Waals surface area contributed by atoms with E-state index in [1.54, 1.807) is 0 Å². The summed E-state index contributed by atoms with van der Waals surface area (Å²) >= 11 is 0. The highest BCUT2D eigenvalue weighted by Crippen LogP contribution is 2.45. The summed E-state index contributed by atoms with van der Waals surface area (Å²) in [7, 11) is 0. The van der Waals surface area contributed by atoms with Crippen molar-refractivity contribution in [3.63, 3.8) is 0 Å². The summed E-state index contributed by atoms with van der Waals surface area (Å²) in [6.07, 6.45) is 13.3. The van der Waals surface area contributed by atoms with Crippen LogP contribution in [0.3, 0.4) is 0 Å². The summed E-state index contributed by atoms with van der Waals surface area (Å²) in [5.74, 6) is 0.257. The van der Waals surface area contributed by atoms with Gasteiger partial charge in [0, 0.05) is 0 Å². The van der Waals surface area contributed by atoms with E-state index in [0.717, 1.165) is 56.8 Å². The van der Waals surface area contributed by atoms with Crippen LogP contribution in [0.5, 0.6) is 0 Å². The number of fused-ring (bicyclic) bond motifs is 1. The summed E-state index contributed by atoms with van der Waals surface area (Å²) in [6.45, 7) is 10.6. The molecular formula is C20H30O2. The van der Waals surface area contributed by atoms with Gasteiger partial charge in [0.2, 0.25) is 0 Å². The number of hydrogen-bond donors (Lipinski definition) is 0. The van der Waals surface area contributed by atoms with Gasteiger partial charge in [-0.3, -0.25) is 4.79 Å². The number of carbonyl (C=O) groups excluding carboxylic acids is 1. The Morgan fingerprint density at radius 1 is 1.27 bits per heavy atom. The highest BCUT2D eigenvalue weighted by Gasteiger charge is 2.51. The van der Waals surface area contributed by atoms with Crippen molar-refractivity contribution in [3.05, 3.63) is 35.5 Å². The van der Waals surface area contributed by atoms with E-state index in [4.69, 9.17) is 4.74 Å². The summed E-state index contributed by atoms with van der Waals surface area (Å²) in [4.78, 5) is 11.1. The number of allylic oxidation sites excluding steroid dienone is 5. The first-order chi connectivity index (χ1) is 10.4. The molecule has 2 rings (SSSR count). The van der Waals surface area contributed by atoms with Gasteiger partial charge in [0.25, 0.3) is 0 Å². The number of aldehydes is 1. The molecule has 1 heterocycles. The molecule has 0 saturated carbocycles. The Balaban J connectivity index is 2.08. The number of ether oxygens (including phenoxy) is 1. The molecule has 1 saturated heterocycles. The molecular weight excluding hydrogens is 272 g/mol. The minimum Gasteiger partial charge on any atom is -0.366 e. The van der Waals surface area contributed by atoms with E-state index in [1.807, 2.05) is 0 Å². The Morgan fingerprint density at radius 3 is 2.68 bits per heavy atom. The largest absolute Gasteiger partial charge is 0.366 e. The van der Waals surface area contributed by atoms with Gasteiger partial charge < -0.3 is 4.74 Å². The van der Waals surface area contributed by atoms with Gasteiger partial charge >= 0.3 is 0 Å². The fourth-order valence-corrected chi connectivity index (χ4v) is 3.37. The first-order valence-corrected chi connectivity index (χ1v) is 8.57. The molecule has 22 heavy (non-hydrogen) atoms. The fourth-order valence-electron chi connectivity index (χ4n) is 3.37. The molecule has 2 heteroatoms. The van der Waals surface area contributed by atoms with E-state index in [2.05, 4.69) is 39.5 Å². The number of hydrogen-bond acceptors (Lipinski definition) is 2. The summed E-state index contributed by atoms with van der Waals surface area (Å²) in [5.41, 5.74) is 3.64. The van der Waals surface area contributed by atoms with Gasteiger partial charge in [-0.1, -0.05) is 29.9 Å². The van der Waals surface area contributed by atoms with E-state index in [9.17, 15) is 4.79 Å². The lowest BCUT2D eigenvalue weighted by Crippen LogP contribution is -2.15. The van der Waals surface area contributed by atoms with Crippen molar-refractivity contribution in [1.82, 2.24) is 0 Å². The fraction of sp³-hybridized carbons (Fsp3) is 0.650. The van der Waals surface area contributed by atoms with E-state index in [0.29, 0.717) is 0 Å². The maximum absolute atomic E-state index is 11.1. The van der Waals surface area contributed by atoms with Crippen molar-refractivity contribution in [2.24, 2.45) is 5.92 Å². The molecule has 2 nitrogen and oxygen atoms in total. The van der Waals surface area contributed by atoms with Crippen LogP contribution in [0.2, 0.25) is 0 Å². The Labute approximate surface area is 135 Å². The highest BCUT2D eigenvalue weighted by atomic mass is 16.6. The van der Waals surface area contributed by atoms with Gasteiger partial charge in [-0.2, -0.15) is 0 Å². The quantitative estimate of drug-likeness (QED) is 0.305. The molecule has 0 bridgehead atoms. The zero-order chi connectivity index (χ0) is 16.2. The van der Waals surface area contributed by atoms with Gasteiger partial charge in [0.15, 0.2) is 0 Å². The number of rotatable bonds is 2. The Kier molecular flexibility index (Phi) is 5.80. The van der Waals surface area contributed by atoms with E-state index in [1.165, 1.54) is 11.1 Å². The van der Waals surface area contributed by atoms with Crippen molar-refractivity contribution in [2.75, 3.05) is 0 Å². The molecule has 0 aromatic heterocycles. The second kappa shape index (κ2) is 7.41. The monoisotopic (exact) mass is 302 g/mol. The van der Waals surface area contributed by atoms with Crippen LogP contribution >= 0.6 is 0 Å². The van der Waals surface area contributed by atoms with Crippen LogP contribution in [0.25, 0.3) is 0 Å². The summed E-state index contributed by atoms with van der Waals surface area (Å²) in [5, 5.41) is 0. The third-order valence-electron chi connectivity index (χ3n) is 5.26. The number of carbonyl (C=O) groups is 1. The third-order valence-corrected chi connectivity index (χ3v) is 5.26. The van der Waals surface area contributed by atoms with Crippen LogP contribution < -0.4 is 0 Å². The Hall–Kier alpha value is -1.15. The molecule has 1 aliphatic heterocycles. The smallest absolute Gasteiger partial charge is 0.145 e. The lowest BCUT2D eigenvalue weighted by Gasteiger charge is -2.16. The van der Waals surface area contributed by atoms with Crippen molar-refractivity contribution >= 4 is 6.29 Å². The standard InChI is InChI=1S/C20H30O2/c1-15-7-5-8-16(2)10-11-18(17(3)14-21)13-19-20(4,22-19)12-6-9-15/h8-9,14,18-19H,3,5-7,10-13H2,1-2,4H3. The van der Waals surface area contributed by atoms with Gasteiger partial charge in [-0.15, -0.1) is 0 Å². The van der Waals surface area contributed by atoms with E-state index < -0.39 is 0 Å². The lowest BCUT2D eigenvalue weighted by molar-refractivity contribution is -0.105. The molecule has 1 fully saturated rings. The van der Waals surface area contributed by atoms with E-state index >= 15 is 0 Å². The zero-order valence-corrected chi connectivity index (χ0v) is 14.4. The van der Waals surface area contributed by atoms with Crippen molar-refractivity contribution < 1.29 is 9.53 Å². The Bertz CT molecular complexity index is 486. The van der Waals surface area contributed by atoms with Crippen molar-refractivity contribution in [1.29, 1.82) is 0 Å². The number of epoxide rings is 1. The van der Waals surface area contributed by atoms with Gasteiger partial charge in [0.05, 0.1) is 11.7 Å². The van der Waals surface area contributed by atoms with Gasteiger partial charge in [-0.25, -0.2) is 0 Å². The highest BCUT2D eigenvalue weighted by molar-refractivity contribution is 5.72. The first-order valence-electron chi connectivity index (χ1n) is 8.57. The molecule has 0 amide bonds. The summed E-state index contributed by atoms with van der Waals surface area (Å²) in [6, 6.07) is 0. The molecule has 0 spiro atoms. The molecule has 0 aromatic rings. The van der Waals surface area contributed by atoms with Crippen LogP contribution in [0.4, 0.5) is 0 Å². The molecule has 2 aliphatic rings. The predicted molar refractivity (Wildman–Crippen MR) is 91.8 cm³/mol. The molecule has 0 aromatic carbocycles. The minimum atomic E-state index is 0.00714. The van der Waals surface area contributed by atoms with Crippen LogP contribution in [0.15, 0.2) is 35.5 Å². The molecule has 1 aliphatic carbocycles. The second-order valence-electron chi connectivity index (χ2n) is 7.26. The topological polar surface area (TPSA) is 29.6 Å². The molecule has 3 atom stereocenters. The van der Waals surface area contributed by atoms with Crippen molar-refractivity contribution in [2.45, 2.75) is 77.4 Å². The molecule has 0 N–H and O–H groups in total. The summed E-state index contributed by atoms with van der Waals surface area (Å²) < 4.78 is 5.97. The Morgan fingerprint density at radius 2 is 1.95 bits per heavy atom. The average molecular weight is 302 g/mol. The predicted octanol–water partition coefficient (Wildman–Crippen LogP) is 5.15. The van der Waals surface area contributed by atoms with Gasteiger partial charge in [-0.05, 0) is 77.2 Å². The minimum absolute atomic E-state index is 0.00714. The van der Waals surface area contributed by atoms with Crippen LogP contribution in [-0.4, -0.2) is 18.0 Å². The zero-order valence-electron chi connectivity index (χ0n) is 14.4. The molecule has 122 valence electrons. The SMILES string of the molecule is C=C(C=O)C1CCC(C)=CCCC(C)=CCCC2(C)OC2C1. The molecule has 0 radical (unpaired) electrons. The van der Waals surface area contributed by atoms with Crippen molar-refractivity contribution in [3.8, 4) is 0 Å². The van der Waals surface area contributed by atoms with Crippen LogP contribution in [0.1, 0.15) is 65.7 Å². The molecule has 3 unspecified atom stereocenters. The first kappa shape index (κ1) is 17.2. The van der Waals surface area contributed by atoms with Crippen LogP contribution in [0, 0.1) is 5.92 Å². The maximum atomic E-state index is 11.1. The van der Waals surface area contributed by atoms with Crippen LogP contribution in [-0.2, 0) is 9.53 Å². The maximum Gasteiger partial charge on any atom is 0.145 e. The second-order valence-corrected chi connectivity index (χ2v) is 7.26. The van der Waals surface area contributed by atoms with Gasteiger partial charge in [0.1, 0.15) is 6.29 Å². The third kappa shape index (κ3) is 4.67. The average Bonchev–Trinajstić information content (AvgIpc) is 3.11. The normalized spacial score (nSPS) is 33.8. The lowest BCUT2D eigenvalue weighted by atomic mass is 9.86.